The lowest BCUT2D eigenvalue weighted by atomic mass is 10.0. The number of nitrogens with two attached hydrogens (primary N) is 1. The first-order valence-corrected chi connectivity index (χ1v) is 12.3. The summed E-state index contributed by atoms with van der Waals surface area (Å²) in [6.45, 7) is 3.18. The summed E-state index contributed by atoms with van der Waals surface area (Å²) in [7, 11) is 0. The van der Waals surface area contributed by atoms with Crippen LogP contribution in [0.1, 0.15) is 46.6 Å². The molecule has 186 valence electrons. The van der Waals surface area contributed by atoms with Crippen molar-refractivity contribution in [1.82, 2.24) is 9.55 Å². The summed E-state index contributed by atoms with van der Waals surface area (Å²) in [4.78, 5) is 15.8. The molecule has 0 unspecified atom stereocenters. The SMILES string of the molecule is C[C@H](OCc1ccccc1)[C@@H](CCc1ccccc1OCCc1ccccc1)n1cnc(C(N)=O)c1. The number of aromatic nitrogens is 2. The van der Waals surface area contributed by atoms with Crippen LogP contribution in [0.4, 0.5) is 0 Å². The molecule has 4 aromatic rings. The Balaban J connectivity index is 1.43. The molecule has 0 saturated heterocycles. The summed E-state index contributed by atoms with van der Waals surface area (Å²) in [5, 5.41) is 0. The first-order valence-electron chi connectivity index (χ1n) is 12.3. The molecule has 0 aliphatic heterocycles. The lowest BCUT2D eigenvalue weighted by Gasteiger charge is -2.26. The largest absolute Gasteiger partial charge is 0.493 e. The van der Waals surface area contributed by atoms with Gasteiger partial charge in [0.1, 0.15) is 11.4 Å². The van der Waals surface area contributed by atoms with E-state index in [0.29, 0.717) is 13.2 Å². The maximum Gasteiger partial charge on any atom is 0.268 e. The van der Waals surface area contributed by atoms with Gasteiger partial charge in [0.05, 0.1) is 31.7 Å². The fraction of sp³-hybridized carbons (Fsp3) is 0.267. The molecule has 0 bridgehead atoms. The van der Waals surface area contributed by atoms with Crippen molar-refractivity contribution in [1.29, 1.82) is 0 Å². The number of imidazole rings is 1. The number of ether oxygens (including phenoxy) is 2. The van der Waals surface area contributed by atoms with Crippen molar-refractivity contribution in [2.24, 2.45) is 5.73 Å². The van der Waals surface area contributed by atoms with Crippen LogP contribution in [0.3, 0.4) is 0 Å². The van der Waals surface area contributed by atoms with Crippen molar-refractivity contribution in [3.05, 3.63) is 120 Å². The normalized spacial score (nSPS) is 12.7. The second-order valence-electron chi connectivity index (χ2n) is 8.87. The Morgan fingerprint density at radius 1 is 0.917 bits per heavy atom. The Kier molecular flexibility index (Phi) is 8.89. The van der Waals surface area contributed by atoms with Gasteiger partial charge in [0.2, 0.25) is 0 Å². The number of aryl methyl sites for hydroxylation is 1. The third-order valence-electron chi connectivity index (χ3n) is 6.31. The molecule has 1 amide bonds. The average Bonchev–Trinajstić information content (AvgIpc) is 3.40. The smallest absolute Gasteiger partial charge is 0.268 e. The van der Waals surface area contributed by atoms with E-state index in [4.69, 9.17) is 15.2 Å². The first kappa shape index (κ1) is 25.2. The number of hydrogen-bond donors (Lipinski definition) is 1. The van der Waals surface area contributed by atoms with Crippen molar-refractivity contribution < 1.29 is 14.3 Å². The summed E-state index contributed by atoms with van der Waals surface area (Å²) in [5.41, 5.74) is 9.21. The fourth-order valence-electron chi connectivity index (χ4n) is 4.26. The lowest BCUT2D eigenvalue weighted by molar-refractivity contribution is 0.0148. The van der Waals surface area contributed by atoms with Gasteiger partial charge in [0.25, 0.3) is 5.91 Å². The second kappa shape index (κ2) is 12.7. The Bertz CT molecular complexity index is 1220. The molecule has 2 N–H and O–H groups in total. The number of benzene rings is 3. The van der Waals surface area contributed by atoms with Crippen molar-refractivity contribution in [3.8, 4) is 5.75 Å². The predicted molar refractivity (Wildman–Crippen MR) is 141 cm³/mol. The molecule has 0 radical (unpaired) electrons. The monoisotopic (exact) mass is 483 g/mol. The highest BCUT2D eigenvalue weighted by Crippen LogP contribution is 2.27. The minimum atomic E-state index is -0.539. The maximum absolute atomic E-state index is 11.6. The van der Waals surface area contributed by atoms with Gasteiger partial charge < -0.3 is 19.8 Å². The summed E-state index contributed by atoms with van der Waals surface area (Å²) in [6, 6.07) is 28.6. The van der Waals surface area contributed by atoms with Crippen LogP contribution >= 0.6 is 0 Å². The number of rotatable bonds is 13. The standard InChI is InChI=1S/C30H33N3O3/c1-23(36-21-25-12-6-3-7-13-25)28(33-20-27(30(31)34)32-22-33)17-16-26-14-8-9-15-29(26)35-19-18-24-10-4-2-5-11-24/h2-15,20,22-23,28H,16-19,21H2,1H3,(H2,31,34)/t23-,28+/m0/s1. The number of primary amides is 1. The van der Waals surface area contributed by atoms with E-state index >= 15 is 0 Å². The highest BCUT2D eigenvalue weighted by atomic mass is 16.5. The summed E-state index contributed by atoms with van der Waals surface area (Å²) in [5.74, 6) is 0.357. The predicted octanol–water partition coefficient (Wildman–Crippen LogP) is 5.38. The summed E-state index contributed by atoms with van der Waals surface area (Å²) in [6.07, 6.45) is 5.67. The minimum absolute atomic E-state index is 0.0355. The topological polar surface area (TPSA) is 79.4 Å². The van der Waals surface area contributed by atoms with Crippen LogP contribution < -0.4 is 10.5 Å². The van der Waals surface area contributed by atoms with Crippen LogP contribution in [0.2, 0.25) is 0 Å². The number of carbonyl (C=O) groups is 1. The fourth-order valence-corrected chi connectivity index (χ4v) is 4.26. The van der Waals surface area contributed by atoms with Crippen LogP contribution in [0.5, 0.6) is 5.75 Å². The van der Waals surface area contributed by atoms with E-state index in [-0.39, 0.29) is 17.8 Å². The Labute approximate surface area is 212 Å². The number of hydrogen-bond acceptors (Lipinski definition) is 4. The molecular weight excluding hydrogens is 450 g/mol. The second-order valence-corrected chi connectivity index (χ2v) is 8.87. The molecule has 36 heavy (non-hydrogen) atoms. The van der Waals surface area contributed by atoms with E-state index in [1.165, 1.54) is 5.56 Å². The molecule has 0 aliphatic rings. The van der Waals surface area contributed by atoms with E-state index in [1.807, 2.05) is 71.3 Å². The third-order valence-corrected chi connectivity index (χ3v) is 6.31. The highest BCUT2D eigenvalue weighted by Gasteiger charge is 2.22. The zero-order valence-corrected chi connectivity index (χ0v) is 20.6. The van der Waals surface area contributed by atoms with Gasteiger partial charge in [-0.2, -0.15) is 0 Å². The van der Waals surface area contributed by atoms with Crippen LogP contribution in [0, 0.1) is 0 Å². The molecule has 2 atom stereocenters. The van der Waals surface area contributed by atoms with E-state index in [1.54, 1.807) is 12.5 Å². The van der Waals surface area contributed by atoms with E-state index in [9.17, 15) is 4.79 Å². The molecule has 3 aromatic carbocycles. The lowest BCUT2D eigenvalue weighted by Crippen LogP contribution is -2.24. The molecule has 0 aliphatic carbocycles. The Morgan fingerprint density at radius 3 is 2.28 bits per heavy atom. The van der Waals surface area contributed by atoms with Crippen LogP contribution in [0.25, 0.3) is 0 Å². The number of nitrogens with zero attached hydrogens (tertiary/aromatic N) is 2. The van der Waals surface area contributed by atoms with E-state index in [2.05, 4.69) is 30.1 Å². The van der Waals surface area contributed by atoms with Crippen LogP contribution in [0.15, 0.2) is 97.5 Å². The highest BCUT2D eigenvalue weighted by molar-refractivity contribution is 5.90. The number of para-hydroxylation sites is 1. The maximum atomic E-state index is 11.6. The van der Waals surface area contributed by atoms with Gasteiger partial charge in [0.15, 0.2) is 0 Å². The average molecular weight is 484 g/mol. The molecule has 4 rings (SSSR count). The quantitative estimate of drug-likeness (QED) is 0.277. The zero-order valence-electron chi connectivity index (χ0n) is 20.6. The van der Waals surface area contributed by atoms with Crippen molar-refractivity contribution in [2.45, 2.75) is 44.9 Å². The van der Waals surface area contributed by atoms with Gasteiger partial charge in [-0.05, 0) is 42.5 Å². The summed E-state index contributed by atoms with van der Waals surface area (Å²) < 4.78 is 14.4. The molecule has 0 spiro atoms. The van der Waals surface area contributed by atoms with Gasteiger partial charge in [-0.1, -0.05) is 78.9 Å². The molecule has 0 saturated carbocycles. The molecule has 6 nitrogen and oxygen atoms in total. The Morgan fingerprint density at radius 2 is 1.58 bits per heavy atom. The van der Waals surface area contributed by atoms with Gasteiger partial charge in [0, 0.05) is 12.6 Å². The first-order chi connectivity index (χ1) is 17.6. The van der Waals surface area contributed by atoms with Crippen molar-refractivity contribution >= 4 is 5.91 Å². The molecule has 1 aromatic heterocycles. The van der Waals surface area contributed by atoms with Gasteiger partial charge >= 0.3 is 0 Å². The number of carbonyl (C=O) groups excluding carboxylic acids is 1. The summed E-state index contributed by atoms with van der Waals surface area (Å²) >= 11 is 0. The van der Waals surface area contributed by atoms with Crippen LogP contribution in [-0.4, -0.2) is 28.2 Å². The molecular formula is C30H33N3O3. The van der Waals surface area contributed by atoms with E-state index < -0.39 is 5.91 Å². The minimum Gasteiger partial charge on any atom is -0.493 e. The van der Waals surface area contributed by atoms with Crippen molar-refractivity contribution in [2.75, 3.05) is 6.61 Å². The molecule has 1 heterocycles. The van der Waals surface area contributed by atoms with Gasteiger partial charge in [-0.3, -0.25) is 4.79 Å². The Hall–Kier alpha value is -3.90. The molecule has 6 heteroatoms. The third kappa shape index (κ3) is 7.06. The van der Waals surface area contributed by atoms with Gasteiger partial charge in [-0.25, -0.2) is 4.98 Å². The van der Waals surface area contributed by atoms with E-state index in [0.717, 1.165) is 36.1 Å². The van der Waals surface area contributed by atoms with Crippen LogP contribution in [-0.2, 0) is 24.2 Å². The van der Waals surface area contributed by atoms with Gasteiger partial charge in [-0.15, -0.1) is 0 Å². The number of amides is 1. The molecule has 0 fully saturated rings. The zero-order chi connectivity index (χ0) is 25.2. The van der Waals surface area contributed by atoms with Crippen molar-refractivity contribution in [3.63, 3.8) is 0 Å².